The first-order valence-electron chi connectivity index (χ1n) is 11.5. The summed E-state index contributed by atoms with van der Waals surface area (Å²) in [6.07, 6.45) is 1.84. The Morgan fingerprint density at radius 2 is 1.97 bits per heavy atom. The van der Waals surface area contributed by atoms with E-state index in [-0.39, 0.29) is 17.4 Å². The van der Waals surface area contributed by atoms with Gasteiger partial charge in [0, 0.05) is 47.9 Å². The second-order valence-electron chi connectivity index (χ2n) is 9.28. The number of amides is 1. The number of carbonyl (C=O) groups excluding carboxylic acids is 1. The molecular formula is C25H29N5O3. The zero-order chi connectivity index (χ0) is 23.1. The van der Waals surface area contributed by atoms with Crippen LogP contribution in [-0.4, -0.2) is 38.7 Å². The number of ether oxygens (including phenoxy) is 1. The maximum Gasteiger partial charge on any atom is 0.272 e. The second-order valence-corrected chi connectivity index (χ2v) is 9.28. The minimum absolute atomic E-state index is 0.0452. The van der Waals surface area contributed by atoms with Crippen molar-refractivity contribution in [3.8, 4) is 0 Å². The summed E-state index contributed by atoms with van der Waals surface area (Å²) in [4.78, 5) is 33.9. The molecule has 1 amide bonds. The normalized spacial score (nSPS) is 16.0. The molecule has 1 fully saturated rings. The Bertz CT molecular complexity index is 1370. The highest BCUT2D eigenvalue weighted by Crippen LogP contribution is 2.27. The van der Waals surface area contributed by atoms with Crippen LogP contribution in [-0.2, 0) is 4.74 Å². The lowest BCUT2D eigenvalue weighted by atomic mass is 9.97. The van der Waals surface area contributed by atoms with E-state index in [1.165, 1.54) is 10.6 Å². The van der Waals surface area contributed by atoms with Crippen LogP contribution in [0.2, 0.25) is 0 Å². The third kappa shape index (κ3) is 4.18. The van der Waals surface area contributed by atoms with Gasteiger partial charge < -0.3 is 15.0 Å². The minimum Gasteiger partial charge on any atom is -0.381 e. The SMILES string of the molecule is Cc1ccc2cc(C(=O)N[C@H](c3cc(=O)n4[nH]c(C5CCOCC5)cc4n3)C(C)C)[nH]c2c1. The topological polar surface area (TPSA) is 104 Å². The van der Waals surface area contributed by atoms with Crippen LogP contribution in [0.4, 0.5) is 0 Å². The first-order valence-corrected chi connectivity index (χ1v) is 11.5. The maximum atomic E-state index is 13.1. The molecule has 1 aliphatic heterocycles. The molecule has 4 aromatic rings. The number of aryl methyl sites for hydroxylation is 1. The highest BCUT2D eigenvalue weighted by atomic mass is 16.5. The number of hydrogen-bond donors (Lipinski definition) is 3. The molecule has 8 heteroatoms. The molecule has 1 atom stereocenters. The summed E-state index contributed by atoms with van der Waals surface area (Å²) in [5, 5.41) is 7.27. The number of fused-ring (bicyclic) bond motifs is 2. The van der Waals surface area contributed by atoms with Crippen molar-refractivity contribution < 1.29 is 9.53 Å². The summed E-state index contributed by atoms with van der Waals surface area (Å²) in [7, 11) is 0. The van der Waals surface area contributed by atoms with E-state index in [2.05, 4.69) is 15.4 Å². The van der Waals surface area contributed by atoms with Gasteiger partial charge in [0.1, 0.15) is 5.69 Å². The number of carbonyl (C=O) groups is 1. The molecule has 0 unspecified atom stereocenters. The van der Waals surface area contributed by atoms with E-state index in [9.17, 15) is 9.59 Å². The van der Waals surface area contributed by atoms with E-state index in [0.29, 0.717) is 23.0 Å². The molecule has 0 bridgehead atoms. The Morgan fingerprint density at radius 3 is 2.73 bits per heavy atom. The van der Waals surface area contributed by atoms with Crippen molar-refractivity contribution >= 4 is 22.5 Å². The number of benzene rings is 1. The summed E-state index contributed by atoms with van der Waals surface area (Å²) in [6.45, 7) is 7.48. The zero-order valence-corrected chi connectivity index (χ0v) is 19.1. The molecule has 8 nitrogen and oxygen atoms in total. The quantitative estimate of drug-likeness (QED) is 0.432. The van der Waals surface area contributed by atoms with Crippen LogP contribution >= 0.6 is 0 Å². The largest absolute Gasteiger partial charge is 0.381 e. The molecule has 5 rings (SSSR count). The van der Waals surface area contributed by atoms with Gasteiger partial charge in [-0.3, -0.25) is 14.7 Å². The second kappa shape index (κ2) is 8.51. The Kier molecular flexibility index (Phi) is 5.54. The number of H-pyrrole nitrogens is 2. The number of aromatic amines is 2. The number of hydrogen-bond acceptors (Lipinski definition) is 4. The van der Waals surface area contributed by atoms with Crippen LogP contribution in [0.25, 0.3) is 16.6 Å². The lowest BCUT2D eigenvalue weighted by Crippen LogP contribution is -2.33. The van der Waals surface area contributed by atoms with E-state index in [1.54, 1.807) is 0 Å². The summed E-state index contributed by atoms with van der Waals surface area (Å²) < 4.78 is 6.93. The lowest BCUT2D eigenvalue weighted by molar-refractivity contribution is 0.0844. The van der Waals surface area contributed by atoms with Gasteiger partial charge in [-0.25, -0.2) is 9.50 Å². The minimum atomic E-state index is -0.398. The van der Waals surface area contributed by atoms with Crippen LogP contribution in [0.15, 0.2) is 41.2 Å². The summed E-state index contributed by atoms with van der Waals surface area (Å²) in [5.41, 5.74) is 4.48. The van der Waals surface area contributed by atoms with Gasteiger partial charge in [0.2, 0.25) is 0 Å². The van der Waals surface area contributed by atoms with Crippen molar-refractivity contribution in [1.82, 2.24) is 24.9 Å². The summed E-state index contributed by atoms with van der Waals surface area (Å²) in [6, 6.07) is 10.9. The highest BCUT2D eigenvalue weighted by molar-refractivity contribution is 5.98. The first-order chi connectivity index (χ1) is 15.9. The molecule has 3 N–H and O–H groups in total. The average Bonchev–Trinajstić information content (AvgIpc) is 3.42. The van der Waals surface area contributed by atoms with Crippen LogP contribution < -0.4 is 10.9 Å². The van der Waals surface area contributed by atoms with E-state index in [4.69, 9.17) is 9.72 Å². The highest BCUT2D eigenvalue weighted by Gasteiger charge is 2.24. The van der Waals surface area contributed by atoms with Gasteiger partial charge in [-0.1, -0.05) is 26.0 Å². The maximum absolute atomic E-state index is 13.1. The van der Waals surface area contributed by atoms with E-state index < -0.39 is 6.04 Å². The number of rotatable bonds is 5. The van der Waals surface area contributed by atoms with Gasteiger partial charge in [0.25, 0.3) is 11.5 Å². The standard InChI is InChI=1S/C25H29N5O3/c1-14(2)24(28-25(32)21-11-17-5-4-15(3)10-18(17)26-21)20-13-23(31)30-22(27-20)12-19(29-30)16-6-8-33-9-7-16/h4-5,10-14,16,24,26,29H,6-9H2,1-3H3,(H,28,32)/t24-/m0/s1. The molecule has 33 heavy (non-hydrogen) atoms. The molecule has 1 aliphatic rings. The van der Waals surface area contributed by atoms with Crippen molar-refractivity contribution in [2.24, 2.45) is 5.92 Å². The summed E-state index contributed by atoms with van der Waals surface area (Å²) >= 11 is 0. The van der Waals surface area contributed by atoms with Crippen LogP contribution in [0.1, 0.15) is 66.1 Å². The Morgan fingerprint density at radius 1 is 1.18 bits per heavy atom. The Labute approximate surface area is 191 Å². The molecule has 0 saturated carbocycles. The number of nitrogens with zero attached hydrogens (tertiary/aromatic N) is 2. The fourth-order valence-electron chi connectivity index (χ4n) is 4.57. The van der Waals surface area contributed by atoms with E-state index in [1.807, 2.05) is 51.1 Å². The van der Waals surface area contributed by atoms with Crippen molar-refractivity contribution in [1.29, 1.82) is 0 Å². The molecule has 172 valence electrons. The van der Waals surface area contributed by atoms with Gasteiger partial charge in [-0.15, -0.1) is 0 Å². The van der Waals surface area contributed by atoms with Crippen molar-refractivity contribution in [2.75, 3.05) is 13.2 Å². The van der Waals surface area contributed by atoms with Gasteiger partial charge >= 0.3 is 0 Å². The fraction of sp³-hybridized carbons (Fsp3) is 0.400. The van der Waals surface area contributed by atoms with E-state index >= 15 is 0 Å². The third-order valence-electron chi connectivity index (χ3n) is 6.45. The smallest absolute Gasteiger partial charge is 0.272 e. The molecule has 0 aliphatic carbocycles. The van der Waals surface area contributed by atoms with Crippen molar-refractivity contribution in [2.45, 2.75) is 45.6 Å². The molecule has 1 aromatic carbocycles. The monoisotopic (exact) mass is 447 g/mol. The third-order valence-corrected chi connectivity index (χ3v) is 6.45. The number of nitrogens with one attached hydrogen (secondary N) is 3. The molecule has 4 heterocycles. The Balaban J connectivity index is 1.44. The van der Waals surface area contributed by atoms with Gasteiger partial charge in [-0.2, -0.15) is 0 Å². The van der Waals surface area contributed by atoms with E-state index in [0.717, 1.165) is 48.2 Å². The fourth-order valence-corrected chi connectivity index (χ4v) is 4.57. The Hall–Kier alpha value is -3.39. The average molecular weight is 448 g/mol. The van der Waals surface area contributed by atoms with Crippen molar-refractivity contribution in [3.63, 3.8) is 0 Å². The molecule has 0 spiro atoms. The molecule has 1 saturated heterocycles. The lowest BCUT2D eigenvalue weighted by Gasteiger charge is -2.21. The van der Waals surface area contributed by atoms with Gasteiger partial charge in [0.05, 0.1) is 11.7 Å². The van der Waals surface area contributed by atoms with Gasteiger partial charge in [0.15, 0.2) is 5.65 Å². The summed E-state index contributed by atoms with van der Waals surface area (Å²) in [5.74, 6) is 0.153. The molecular weight excluding hydrogens is 418 g/mol. The van der Waals surface area contributed by atoms with Gasteiger partial charge in [-0.05, 0) is 43.4 Å². The van der Waals surface area contributed by atoms with Crippen LogP contribution in [0.3, 0.4) is 0 Å². The zero-order valence-electron chi connectivity index (χ0n) is 19.1. The first kappa shape index (κ1) is 21.5. The predicted octanol–water partition coefficient (Wildman–Crippen LogP) is 3.83. The number of aromatic nitrogens is 4. The van der Waals surface area contributed by atoms with Crippen molar-refractivity contribution in [3.05, 3.63) is 69.4 Å². The van der Waals surface area contributed by atoms with Crippen LogP contribution in [0, 0.1) is 12.8 Å². The predicted molar refractivity (Wildman–Crippen MR) is 127 cm³/mol. The van der Waals surface area contributed by atoms with Crippen LogP contribution in [0.5, 0.6) is 0 Å². The molecule has 0 radical (unpaired) electrons. The molecule has 3 aromatic heterocycles.